The van der Waals surface area contributed by atoms with Crippen LogP contribution in [0.5, 0.6) is 0 Å². The van der Waals surface area contributed by atoms with E-state index in [1.54, 1.807) is 18.3 Å². The normalized spacial score (nSPS) is 15.7. The van der Waals surface area contributed by atoms with Gasteiger partial charge in [-0.15, -0.1) is 12.4 Å². The molecule has 1 saturated carbocycles. The van der Waals surface area contributed by atoms with E-state index in [9.17, 15) is 9.59 Å². The number of pyridine rings is 1. The van der Waals surface area contributed by atoms with E-state index in [-0.39, 0.29) is 23.9 Å². The Morgan fingerprint density at radius 2 is 2.00 bits per heavy atom. The first-order valence-corrected chi connectivity index (χ1v) is 8.77. The zero-order chi connectivity index (χ0) is 18.0. The summed E-state index contributed by atoms with van der Waals surface area (Å²) < 4.78 is 1.49. The number of halogens is 2. The van der Waals surface area contributed by atoms with Gasteiger partial charge in [-0.2, -0.15) is 0 Å². The standard InChI is InChI=1S/C19H22ClN3O2.ClH/c1-19(12-21,15-7-8-15)22-18(25)14-6-9-17(24)23(11-14)10-13-4-2-3-5-16(13)20;/h2-6,9,11,15H,7-8,10,12,21H2,1H3,(H,22,25);1H. The molecule has 0 spiro atoms. The smallest absolute Gasteiger partial charge is 0.253 e. The van der Waals surface area contributed by atoms with E-state index in [0.717, 1.165) is 18.4 Å². The summed E-state index contributed by atoms with van der Waals surface area (Å²) in [7, 11) is 0. The Kier molecular flexibility index (Phi) is 6.50. The van der Waals surface area contributed by atoms with Gasteiger partial charge in [-0.1, -0.05) is 29.8 Å². The highest BCUT2D eigenvalue weighted by molar-refractivity contribution is 6.31. The Bertz CT molecular complexity index is 849. The van der Waals surface area contributed by atoms with Crippen molar-refractivity contribution in [2.45, 2.75) is 31.8 Å². The molecule has 1 atom stereocenters. The summed E-state index contributed by atoms with van der Waals surface area (Å²) in [5.41, 5.74) is 6.54. The van der Waals surface area contributed by atoms with Crippen molar-refractivity contribution in [2.24, 2.45) is 11.7 Å². The number of nitrogens with one attached hydrogen (secondary N) is 1. The fourth-order valence-electron chi connectivity index (χ4n) is 2.97. The zero-order valence-electron chi connectivity index (χ0n) is 14.6. The van der Waals surface area contributed by atoms with E-state index in [1.165, 1.54) is 10.6 Å². The molecule has 7 heteroatoms. The van der Waals surface area contributed by atoms with Gasteiger partial charge in [0.05, 0.1) is 17.6 Å². The van der Waals surface area contributed by atoms with Crippen molar-refractivity contribution < 1.29 is 4.79 Å². The molecule has 0 bridgehead atoms. The number of nitrogens with two attached hydrogens (primary N) is 1. The Hall–Kier alpha value is -1.82. The van der Waals surface area contributed by atoms with E-state index in [2.05, 4.69) is 5.32 Å². The lowest BCUT2D eigenvalue weighted by Gasteiger charge is -2.29. The van der Waals surface area contributed by atoms with Crippen molar-refractivity contribution in [1.29, 1.82) is 0 Å². The number of carbonyl (C=O) groups excluding carboxylic acids is 1. The van der Waals surface area contributed by atoms with Gasteiger partial charge in [-0.3, -0.25) is 9.59 Å². The third kappa shape index (κ3) is 4.47. The molecule has 0 saturated heterocycles. The molecule has 26 heavy (non-hydrogen) atoms. The number of rotatable bonds is 6. The molecule has 1 aliphatic rings. The predicted octanol–water partition coefficient (Wildman–Crippen LogP) is 2.83. The van der Waals surface area contributed by atoms with E-state index in [4.69, 9.17) is 17.3 Å². The lowest BCUT2D eigenvalue weighted by molar-refractivity contribution is 0.0897. The molecule has 2 aromatic rings. The summed E-state index contributed by atoms with van der Waals surface area (Å²) in [5, 5.41) is 3.63. The number of benzene rings is 1. The van der Waals surface area contributed by atoms with Gasteiger partial charge in [0.2, 0.25) is 0 Å². The first kappa shape index (κ1) is 20.5. The van der Waals surface area contributed by atoms with Gasteiger partial charge in [0.1, 0.15) is 0 Å². The fourth-order valence-corrected chi connectivity index (χ4v) is 3.17. The fraction of sp³-hybridized carbons (Fsp3) is 0.368. The minimum Gasteiger partial charge on any atom is -0.345 e. The summed E-state index contributed by atoms with van der Waals surface area (Å²) in [6.07, 6.45) is 3.74. The molecule has 1 aliphatic carbocycles. The average Bonchev–Trinajstić information content (AvgIpc) is 3.44. The molecular formula is C19H23Cl2N3O2. The maximum atomic E-state index is 12.6. The lowest BCUT2D eigenvalue weighted by atomic mass is 9.95. The Labute approximate surface area is 164 Å². The molecule has 3 rings (SSSR count). The number of carbonyl (C=O) groups is 1. The number of hydrogen-bond donors (Lipinski definition) is 2. The van der Waals surface area contributed by atoms with Crippen LogP contribution in [0.2, 0.25) is 5.02 Å². The van der Waals surface area contributed by atoms with Crippen molar-refractivity contribution in [3.8, 4) is 0 Å². The molecule has 1 aromatic carbocycles. The van der Waals surface area contributed by atoms with E-state index >= 15 is 0 Å². The zero-order valence-corrected chi connectivity index (χ0v) is 16.1. The van der Waals surface area contributed by atoms with Crippen LogP contribution in [0.15, 0.2) is 47.4 Å². The van der Waals surface area contributed by atoms with Crippen LogP contribution in [-0.4, -0.2) is 22.6 Å². The van der Waals surface area contributed by atoms with Gasteiger partial charge in [0, 0.05) is 23.8 Å². The molecule has 140 valence electrons. The van der Waals surface area contributed by atoms with Crippen LogP contribution in [0.25, 0.3) is 0 Å². The average molecular weight is 396 g/mol. The largest absolute Gasteiger partial charge is 0.345 e. The van der Waals surface area contributed by atoms with E-state index < -0.39 is 5.54 Å². The second-order valence-corrected chi connectivity index (χ2v) is 7.23. The lowest BCUT2D eigenvalue weighted by Crippen LogP contribution is -2.53. The highest BCUT2D eigenvalue weighted by atomic mass is 35.5. The molecule has 1 heterocycles. The van der Waals surface area contributed by atoms with Crippen LogP contribution >= 0.6 is 24.0 Å². The Morgan fingerprint density at radius 1 is 1.31 bits per heavy atom. The van der Waals surface area contributed by atoms with Crippen LogP contribution in [0, 0.1) is 5.92 Å². The van der Waals surface area contributed by atoms with Crippen LogP contribution in [0.3, 0.4) is 0 Å². The molecule has 0 aliphatic heterocycles. The Morgan fingerprint density at radius 3 is 2.62 bits per heavy atom. The minimum atomic E-state index is -0.402. The summed E-state index contributed by atoms with van der Waals surface area (Å²) in [5.74, 6) is 0.211. The van der Waals surface area contributed by atoms with E-state index in [0.29, 0.717) is 29.6 Å². The van der Waals surface area contributed by atoms with Crippen molar-refractivity contribution >= 4 is 29.9 Å². The molecule has 1 fully saturated rings. The minimum absolute atomic E-state index is 0. The SMILES string of the molecule is CC(CN)(NC(=O)c1ccc(=O)n(Cc2ccccc2Cl)c1)C1CC1.Cl. The highest BCUT2D eigenvalue weighted by Crippen LogP contribution is 2.39. The first-order valence-electron chi connectivity index (χ1n) is 8.39. The maximum Gasteiger partial charge on any atom is 0.253 e. The number of nitrogens with zero attached hydrogens (tertiary/aromatic N) is 1. The highest BCUT2D eigenvalue weighted by Gasteiger charge is 2.41. The molecule has 1 amide bonds. The van der Waals surface area contributed by atoms with Gasteiger partial charge in [-0.05, 0) is 43.4 Å². The van der Waals surface area contributed by atoms with Gasteiger partial charge in [0.25, 0.3) is 11.5 Å². The topological polar surface area (TPSA) is 77.1 Å². The van der Waals surface area contributed by atoms with Gasteiger partial charge in [0.15, 0.2) is 0 Å². The molecule has 1 unspecified atom stereocenters. The number of aromatic nitrogens is 1. The maximum absolute atomic E-state index is 12.6. The van der Waals surface area contributed by atoms with Crippen molar-refractivity contribution in [1.82, 2.24) is 9.88 Å². The quantitative estimate of drug-likeness (QED) is 0.789. The van der Waals surface area contributed by atoms with Crippen LogP contribution in [0.1, 0.15) is 35.7 Å². The van der Waals surface area contributed by atoms with Gasteiger partial charge in [-0.25, -0.2) is 0 Å². The summed E-state index contributed by atoms with van der Waals surface area (Å²) in [6.45, 7) is 2.68. The summed E-state index contributed by atoms with van der Waals surface area (Å²) in [6, 6.07) is 10.3. The predicted molar refractivity (Wildman–Crippen MR) is 106 cm³/mol. The van der Waals surface area contributed by atoms with E-state index in [1.807, 2.05) is 25.1 Å². The third-order valence-electron chi connectivity index (χ3n) is 4.85. The van der Waals surface area contributed by atoms with Gasteiger partial charge >= 0.3 is 0 Å². The second-order valence-electron chi connectivity index (χ2n) is 6.83. The van der Waals surface area contributed by atoms with Gasteiger partial charge < -0.3 is 15.6 Å². The van der Waals surface area contributed by atoms with Crippen LogP contribution in [0.4, 0.5) is 0 Å². The Balaban J connectivity index is 0.00000243. The molecule has 0 radical (unpaired) electrons. The molecule has 5 nitrogen and oxygen atoms in total. The number of hydrogen-bond acceptors (Lipinski definition) is 3. The first-order chi connectivity index (χ1) is 11.9. The number of amides is 1. The second kappa shape index (κ2) is 8.25. The summed E-state index contributed by atoms with van der Waals surface area (Å²) in [4.78, 5) is 24.8. The third-order valence-corrected chi connectivity index (χ3v) is 5.21. The molecule has 3 N–H and O–H groups in total. The molecular weight excluding hydrogens is 373 g/mol. The van der Waals surface area contributed by atoms with Crippen molar-refractivity contribution in [3.05, 3.63) is 69.1 Å². The monoisotopic (exact) mass is 395 g/mol. The van der Waals surface area contributed by atoms with Crippen molar-refractivity contribution in [2.75, 3.05) is 6.54 Å². The summed E-state index contributed by atoms with van der Waals surface area (Å²) >= 11 is 6.17. The van der Waals surface area contributed by atoms with Crippen molar-refractivity contribution in [3.63, 3.8) is 0 Å². The van der Waals surface area contributed by atoms with Crippen LogP contribution < -0.4 is 16.6 Å². The van der Waals surface area contributed by atoms with Crippen LogP contribution in [-0.2, 0) is 6.54 Å². The molecule has 1 aromatic heterocycles.